The number of halogens is 1. The summed E-state index contributed by atoms with van der Waals surface area (Å²) in [5, 5.41) is 3.52. The van der Waals surface area contributed by atoms with E-state index in [1.165, 1.54) is 18.3 Å². The molecule has 4 heterocycles. The molecule has 5 rings (SSSR count). The standard InChI is InChI=1S/C24H25FN6O3/c25-16-3-1-2-15(10-16)20-5-4-18-19(11-27-23(26)22(18)29-20)24(33)28-17-12-31(13-17)21(32)14-30-6-8-34-9-7-30/h1-5,10-11,17H,6-9,12-14H2,(H2,26,27)(H,28,33). The number of amides is 2. The predicted molar refractivity (Wildman–Crippen MR) is 124 cm³/mol. The molecule has 2 aromatic heterocycles. The lowest BCUT2D eigenvalue weighted by Crippen LogP contribution is -2.62. The zero-order chi connectivity index (χ0) is 23.7. The Morgan fingerprint density at radius 2 is 1.97 bits per heavy atom. The molecule has 2 amide bonds. The van der Waals surface area contributed by atoms with Crippen LogP contribution in [0.25, 0.3) is 22.2 Å². The highest BCUT2D eigenvalue weighted by Gasteiger charge is 2.33. The predicted octanol–water partition coefficient (Wildman–Crippen LogP) is 1.29. The number of carbonyl (C=O) groups excluding carboxylic acids is 2. The zero-order valence-electron chi connectivity index (χ0n) is 18.5. The van der Waals surface area contributed by atoms with E-state index in [2.05, 4.69) is 20.2 Å². The van der Waals surface area contributed by atoms with E-state index in [9.17, 15) is 14.0 Å². The molecular weight excluding hydrogens is 439 g/mol. The molecule has 0 radical (unpaired) electrons. The second kappa shape index (κ2) is 9.32. The molecule has 2 aliphatic heterocycles. The number of likely N-dealkylation sites (tertiary alicyclic amines) is 1. The van der Waals surface area contributed by atoms with E-state index in [4.69, 9.17) is 10.5 Å². The number of rotatable bonds is 5. The number of fused-ring (bicyclic) bond motifs is 1. The lowest BCUT2D eigenvalue weighted by atomic mass is 10.0. The first-order valence-corrected chi connectivity index (χ1v) is 11.2. The summed E-state index contributed by atoms with van der Waals surface area (Å²) in [4.78, 5) is 37.9. The Balaban J connectivity index is 1.26. The van der Waals surface area contributed by atoms with Crippen LogP contribution in [-0.4, -0.2) is 83.6 Å². The normalized spacial score (nSPS) is 16.9. The van der Waals surface area contributed by atoms with Gasteiger partial charge in [0.2, 0.25) is 5.91 Å². The van der Waals surface area contributed by atoms with Gasteiger partial charge in [-0.15, -0.1) is 0 Å². The SMILES string of the molecule is Nc1ncc(C(=O)NC2CN(C(=O)CN3CCOCC3)C2)c2ccc(-c3cccc(F)c3)nc12. The Morgan fingerprint density at radius 1 is 1.18 bits per heavy atom. The maximum Gasteiger partial charge on any atom is 0.253 e. The number of nitrogens with one attached hydrogen (secondary N) is 1. The molecule has 3 aromatic rings. The maximum absolute atomic E-state index is 13.6. The smallest absolute Gasteiger partial charge is 0.253 e. The quantitative estimate of drug-likeness (QED) is 0.585. The Morgan fingerprint density at radius 3 is 2.74 bits per heavy atom. The van der Waals surface area contributed by atoms with Gasteiger partial charge in [-0.05, 0) is 24.3 Å². The first-order chi connectivity index (χ1) is 16.5. The van der Waals surface area contributed by atoms with Gasteiger partial charge in [0, 0.05) is 43.3 Å². The molecular formula is C24H25FN6O3. The van der Waals surface area contributed by atoms with Crippen LogP contribution in [-0.2, 0) is 9.53 Å². The van der Waals surface area contributed by atoms with Gasteiger partial charge < -0.3 is 20.7 Å². The third-order valence-corrected chi connectivity index (χ3v) is 6.16. The summed E-state index contributed by atoms with van der Waals surface area (Å²) in [6.07, 6.45) is 1.43. The number of nitrogen functional groups attached to an aromatic ring is 1. The number of benzene rings is 1. The molecule has 0 bridgehead atoms. The number of anilines is 1. The van der Waals surface area contributed by atoms with Crippen LogP contribution in [0.5, 0.6) is 0 Å². The van der Waals surface area contributed by atoms with Gasteiger partial charge in [-0.3, -0.25) is 14.5 Å². The van der Waals surface area contributed by atoms with Gasteiger partial charge in [-0.1, -0.05) is 12.1 Å². The molecule has 34 heavy (non-hydrogen) atoms. The van der Waals surface area contributed by atoms with Crippen molar-refractivity contribution in [3.05, 3.63) is 54.0 Å². The number of hydrogen-bond acceptors (Lipinski definition) is 7. The monoisotopic (exact) mass is 464 g/mol. The topological polar surface area (TPSA) is 114 Å². The average molecular weight is 465 g/mol. The second-order valence-electron chi connectivity index (χ2n) is 8.52. The van der Waals surface area contributed by atoms with Crippen molar-refractivity contribution in [2.24, 2.45) is 0 Å². The fraction of sp³-hybridized carbons (Fsp3) is 0.333. The van der Waals surface area contributed by atoms with E-state index >= 15 is 0 Å². The van der Waals surface area contributed by atoms with E-state index < -0.39 is 0 Å². The number of carbonyl (C=O) groups is 2. The van der Waals surface area contributed by atoms with Gasteiger partial charge in [-0.25, -0.2) is 14.4 Å². The van der Waals surface area contributed by atoms with E-state index in [0.29, 0.717) is 60.6 Å². The maximum atomic E-state index is 13.6. The summed E-state index contributed by atoms with van der Waals surface area (Å²) in [6, 6.07) is 9.44. The zero-order valence-corrected chi connectivity index (χ0v) is 18.5. The summed E-state index contributed by atoms with van der Waals surface area (Å²) >= 11 is 0. The minimum atomic E-state index is -0.364. The van der Waals surface area contributed by atoms with Crippen LogP contribution in [0, 0.1) is 5.82 Å². The van der Waals surface area contributed by atoms with Crippen molar-refractivity contribution in [2.45, 2.75) is 6.04 Å². The first-order valence-electron chi connectivity index (χ1n) is 11.2. The largest absolute Gasteiger partial charge is 0.382 e. The van der Waals surface area contributed by atoms with Gasteiger partial charge in [-0.2, -0.15) is 0 Å². The van der Waals surface area contributed by atoms with Crippen LogP contribution >= 0.6 is 0 Å². The third-order valence-electron chi connectivity index (χ3n) is 6.16. The highest BCUT2D eigenvalue weighted by atomic mass is 19.1. The van der Waals surface area contributed by atoms with Crippen molar-refractivity contribution in [3.8, 4) is 11.3 Å². The van der Waals surface area contributed by atoms with Crippen molar-refractivity contribution in [3.63, 3.8) is 0 Å². The van der Waals surface area contributed by atoms with Crippen LogP contribution in [0.1, 0.15) is 10.4 Å². The Hall–Kier alpha value is -3.63. The molecule has 10 heteroatoms. The number of hydrogen-bond donors (Lipinski definition) is 2. The first kappa shape index (κ1) is 22.2. The van der Waals surface area contributed by atoms with Gasteiger partial charge >= 0.3 is 0 Å². The highest BCUT2D eigenvalue weighted by molar-refractivity contribution is 6.08. The summed E-state index contributed by atoms with van der Waals surface area (Å²) < 4.78 is 18.9. The fourth-order valence-corrected chi connectivity index (χ4v) is 4.21. The molecule has 176 valence electrons. The van der Waals surface area contributed by atoms with Gasteiger partial charge in [0.15, 0.2) is 0 Å². The molecule has 0 unspecified atom stereocenters. The Kier molecular flexibility index (Phi) is 6.08. The molecule has 2 fully saturated rings. The number of nitrogens with zero attached hydrogens (tertiary/aromatic N) is 4. The fourth-order valence-electron chi connectivity index (χ4n) is 4.21. The summed E-state index contributed by atoms with van der Waals surface area (Å²) in [6.45, 7) is 4.12. The average Bonchev–Trinajstić information content (AvgIpc) is 2.81. The number of nitrogens with two attached hydrogens (primary N) is 1. The van der Waals surface area contributed by atoms with Gasteiger partial charge in [0.25, 0.3) is 5.91 Å². The van der Waals surface area contributed by atoms with Gasteiger partial charge in [0.1, 0.15) is 17.2 Å². The molecule has 2 aliphatic rings. The summed E-state index contributed by atoms with van der Waals surface area (Å²) in [5.74, 6) is -0.422. The van der Waals surface area contributed by atoms with E-state index in [1.54, 1.807) is 29.2 Å². The number of ether oxygens (including phenoxy) is 1. The lowest BCUT2D eigenvalue weighted by molar-refractivity contribution is -0.138. The number of morpholine rings is 1. The molecule has 0 spiro atoms. The van der Waals surface area contributed by atoms with Crippen molar-refractivity contribution < 1.29 is 18.7 Å². The molecule has 1 aromatic carbocycles. The number of pyridine rings is 2. The van der Waals surface area contributed by atoms with Crippen LogP contribution in [0.3, 0.4) is 0 Å². The van der Waals surface area contributed by atoms with Crippen LogP contribution in [0.15, 0.2) is 42.6 Å². The van der Waals surface area contributed by atoms with Crippen molar-refractivity contribution in [2.75, 3.05) is 51.7 Å². The second-order valence-corrected chi connectivity index (χ2v) is 8.52. The molecule has 3 N–H and O–H groups in total. The van der Waals surface area contributed by atoms with Crippen LogP contribution in [0.4, 0.5) is 10.2 Å². The molecule has 0 aliphatic carbocycles. The van der Waals surface area contributed by atoms with Crippen LogP contribution in [0.2, 0.25) is 0 Å². The third kappa shape index (κ3) is 4.55. The van der Waals surface area contributed by atoms with Gasteiger partial charge in [0.05, 0.1) is 37.1 Å². The van der Waals surface area contributed by atoms with E-state index in [-0.39, 0.29) is 29.5 Å². The molecule has 0 saturated carbocycles. The van der Waals surface area contributed by atoms with E-state index in [1.807, 2.05) is 0 Å². The summed E-state index contributed by atoms with van der Waals surface area (Å²) in [5.41, 5.74) is 7.90. The van der Waals surface area contributed by atoms with Crippen LogP contribution < -0.4 is 11.1 Å². The van der Waals surface area contributed by atoms with Crippen molar-refractivity contribution in [1.82, 2.24) is 25.1 Å². The van der Waals surface area contributed by atoms with Crippen molar-refractivity contribution >= 4 is 28.5 Å². The lowest BCUT2D eigenvalue weighted by Gasteiger charge is -2.40. The summed E-state index contributed by atoms with van der Waals surface area (Å²) in [7, 11) is 0. The Labute approximate surface area is 195 Å². The molecule has 0 atom stereocenters. The molecule has 2 saturated heterocycles. The van der Waals surface area contributed by atoms with Crippen molar-refractivity contribution in [1.29, 1.82) is 0 Å². The Bertz CT molecular complexity index is 1240. The van der Waals surface area contributed by atoms with E-state index in [0.717, 1.165) is 13.1 Å². The minimum absolute atomic E-state index is 0.0566. The highest BCUT2D eigenvalue weighted by Crippen LogP contribution is 2.26. The minimum Gasteiger partial charge on any atom is -0.382 e. The molecule has 9 nitrogen and oxygen atoms in total. The number of aromatic nitrogens is 2.